The number of methoxy groups -OCH3 is 1. The molecule has 0 aliphatic carbocycles. The van der Waals surface area contributed by atoms with Gasteiger partial charge in [0.25, 0.3) is 0 Å². The van der Waals surface area contributed by atoms with Crippen LogP contribution in [0.5, 0.6) is 5.75 Å². The first kappa shape index (κ1) is 9.88. The third kappa shape index (κ3) is 2.13. The van der Waals surface area contributed by atoms with Crippen molar-refractivity contribution in [1.82, 2.24) is 0 Å². The molecule has 1 aromatic carbocycles. The van der Waals surface area contributed by atoms with Crippen LogP contribution in [0.15, 0.2) is 12.1 Å². The molecular weight excluding hydrogens is 186 g/mol. The van der Waals surface area contributed by atoms with E-state index in [0.29, 0.717) is 17.2 Å². The van der Waals surface area contributed by atoms with Crippen molar-refractivity contribution < 1.29 is 4.74 Å². The molecule has 68 valence electrons. The molecule has 0 aliphatic rings. The van der Waals surface area contributed by atoms with Crippen LogP contribution < -0.4 is 4.74 Å². The summed E-state index contributed by atoms with van der Waals surface area (Å²) in [5, 5.41) is 9.13. The maximum atomic E-state index is 8.52. The third-order valence-electron chi connectivity index (χ3n) is 1.78. The number of rotatable bonds is 2. The summed E-state index contributed by atoms with van der Waals surface area (Å²) >= 11 is 5.96. The summed E-state index contributed by atoms with van der Waals surface area (Å²) in [6.07, 6.45) is 0.383. The number of ether oxygens (including phenoxy) is 1. The summed E-state index contributed by atoms with van der Waals surface area (Å²) < 4.78 is 5.07. The quantitative estimate of drug-likeness (QED) is 0.727. The molecule has 0 heterocycles. The van der Waals surface area contributed by atoms with Gasteiger partial charge in [0.1, 0.15) is 5.75 Å². The van der Waals surface area contributed by atoms with E-state index in [2.05, 4.69) is 6.07 Å². The van der Waals surface area contributed by atoms with Gasteiger partial charge in [-0.1, -0.05) is 17.7 Å². The van der Waals surface area contributed by atoms with E-state index in [1.54, 1.807) is 13.2 Å². The van der Waals surface area contributed by atoms with E-state index >= 15 is 0 Å². The summed E-state index contributed by atoms with van der Waals surface area (Å²) in [4.78, 5) is 0. The highest BCUT2D eigenvalue weighted by molar-refractivity contribution is 6.32. The van der Waals surface area contributed by atoms with Crippen molar-refractivity contribution in [2.75, 3.05) is 7.11 Å². The number of nitriles is 1. The van der Waals surface area contributed by atoms with Crippen LogP contribution in [0, 0.1) is 18.3 Å². The molecule has 0 atom stereocenters. The highest BCUT2D eigenvalue weighted by atomic mass is 35.5. The maximum Gasteiger partial charge on any atom is 0.138 e. The molecule has 0 fully saturated rings. The van der Waals surface area contributed by atoms with Gasteiger partial charge in [0.05, 0.1) is 24.6 Å². The molecule has 13 heavy (non-hydrogen) atoms. The fourth-order valence-corrected chi connectivity index (χ4v) is 1.34. The molecule has 0 unspecified atom stereocenters. The van der Waals surface area contributed by atoms with Crippen molar-refractivity contribution in [3.05, 3.63) is 28.3 Å². The Hall–Kier alpha value is -1.20. The topological polar surface area (TPSA) is 33.0 Å². The van der Waals surface area contributed by atoms with Crippen LogP contribution in [0.4, 0.5) is 0 Å². The minimum absolute atomic E-state index is 0.383. The van der Waals surface area contributed by atoms with Crippen LogP contribution in [0.25, 0.3) is 0 Å². The average molecular weight is 196 g/mol. The Bertz CT molecular complexity index is 355. The average Bonchev–Trinajstić information content (AvgIpc) is 2.11. The zero-order chi connectivity index (χ0) is 9.84. The predicted molar refractivity (Wildman–Crippen MR) is 52.1 cm³/mol. The molecule has 1 aromatic rings. The second kappa shape index (κ2) is 4.15. The van der Waals surface area contributed by atoms with Gasteiger partial charge in [-0.2, -0.15) is 5.26 Å². The Labute approximate surface area is 82.7 Å². The Morgan fingerprint density at radius 1 is 1.54 bits per heavy atom. The monoisotopic (exact) mass is 195 g/mol. The van der Waals surface area contributed by atoms with E-state index in [1.807, 2.05) is 13.0 Å². The van der Waals surface area contributed by atoms with E-state index in [9.17, 15) is 0 Å². The highest BCUT2D eigenvalue weighted by Crippen LogP contribution is 2.29. The van der Waals surface area contributed by atoms with Crippen LogP contribution in [0.3, 0.4) is 0 Å². The molecule has 0 N–H and O–H groups in total. The van der Waals surface area contributed by atoms with Crippen LogP contribution in [-0.2, 0) is 6.42 Å². The van der Waals surface area contributed by atoms with Gasteiger partial charge in [-0.05, 0) is 24.1 Å². The highest BCUT2D eigenvalue weighted by Gasteiger charge is 2.05. The van der Waals surface area contributed by atoms with Crippen molar-refractivity contribution in [3.63, 3.8) is 0 Å². The molecule has 2 nitrogen and oxygen atoms in total. The van der Waals surface area contributed by atoms with Crippen molar-refractivity contribution >= 4 is 11.6 Å². The molecule has 0 aromatic heterocycles. The van der Waals surface area contributed by atoms with Crippen molar-refractivity contribution in [2.24, 2.45) is 0 Å². The van der Waals surface area contributed by atoms with E-state index in [0.717, 1.165) is 11.1 Å². The number of hydrogen-bond donors (Lipinski definition) is 0. The molecule has 0 aliphatic heterocycles. The molecule has 0 spiro atoms. The molecule has 1 rings (SSSR count). The lowest BCUT2D eigenvalue weighted by atomic mass is 10.1. The Kier molecular flexibility index (Phi) is 3.16. The largest absolute Gasteiger partial charge is 0.495 e. The lowest BCUT2D eigenvalue weighted by Crippen LogP contribution is -1.90. The van der Waals surface area contributed by atoms with Gasteiger partial charge >= 0.3 is 0 Å². The summed E-state index contributed by atoms with van der Waals surface area (Å²) in [6, 6.07) is 5.77. The van der Waals surface area contributed by atoms with Gasteiger partial charge in [-0.3, -0.25) is 0 Å². The molecule has 0 saturated heterocycles. The number of benzene rings is 1. The predicted octanol–water partition coefficient (Wildman–Crippen LogP) is 2.72. The third-order valence-corrected chi connectivity index (χ3v) is 2.27. The summed E-state index contributed by atoms with van der Waals surface area (Å²) in [7, 11) is 1.57. The van der Waals surface area contributed by atoms with Gasteiger partial charge < -0.3 is 4.74 Å². The minimum atomic E-state index is 0.383. The summed E-state index contributed by atoms with van der Waals surface area (Å²) in [5.41, 5.74) is 1.87. The van der Waals surface area contributed by atoms with Crippen LogP contribution in [0.1, 0.15) is 11.1 Å². The second-order valence-corrected chi connectivity index (χ2v) is 3.14. The van der Waals surface area contributed by atoms with Gasteiger partial charge in [0.15, 0.2) is 0 Å². The van der Waals surface area contributed by atoms with Gasteiger partial charge in [-0.25, -0.2) is 0 Å². The van der Waals surface area contributed by atoms with Crippen molar-refractivity contribution in [1.29, 1.82) is 5.26 Å². The Morgan fingerprint density at radius 3 is 2.77 bits per heavy atom. The first-order valence-corrected chi connectivity index (χ1v) is 4.26. The number of hydrogen-bond acceptors (Lipinski definition) is 2. The minimum Gasteiger partial charge on any atom is -0.495 e. The standard InChI is InChI=1S/C10H10ClNO/c1-7-5-8(3-4-12)6-9(13-2)10(7)11/h5-6H,3H2,1-2H3. The molecule has 0 saturated carbocycles. The second-order valence-electron chi connectivity index (χ2n) is 2.76. The zero-order valence-corrected chi connectivity index (χ0v) is 8.35. The summed E-state index contributed by atoms with van der Waals surface area (Å²) in [6.45, 7) is 1.89. The van der Waals surface area contributed by atoms with Gasteiger partial charge in [0, 0.05) is 0 Å². The van der Waals surface area contributed by atoms with Gasteiger partial charge in [0.2, 0.25) is 0 Å². The van der Waals surface area contributed by atoms with Crippen molar-refractivity contribution in [2.45, 2.75) is 13.3 Å². The van der Waals surface area contributed by atoms with Crippen LogP contribution >= 0.6 is 11.6 Å². The smallest absolute Gasteiger partial charge is 0.138 e. The lowest BCUT2D eigenvalue weighted by Gasteiger charge is -2.07. The molecule has 0 amide bonds. The van der Waals surface area contributed by atoms with Crippen LogP contribution in [0.2, 0.25) is 5.02 Å². The van der Waals surface area contributed by atoms with E-state index in [1.165, 1.54) is 0 Å². The summed E-state index contributed by atoms with van der Waals surface area (Å²) in [5.74, 6) is 0.631. The molecule has 3 heteroatoms. The first-order chi connectivity index (χ1) is 6.19. The van der Waals surface area contributed by atoms with Crippen molar-refractivity contribution in [3.8, 4) is 11.8 Å². The molecule has 0 radical (unpaired) electrons. The molecular formula is C10H10ClNO. The van der Waals surface area contributed by atoms with E-state index in [-0.39, 0.29) is 0 Å². The van der Waals surface area contributed by atoms with E-state index < -0.39 is 0 Å². The number of halogens is 1. The number of aryl methyl sites for hydroxylation is 1. The zero-order valence-electron chi connectivity index (χ0n) is 7.60. The normalized spacial score (nSPS) is 9.38. The Morgan fingerprint density at radius 2 is 2.23 bits per heavy atom. The lowest BCUT2D eigenvalue weighted by molar-refractivity contribution is 0.414. The van der Waals surface area contributed by atoms with Gasteiger partial charge in [-0.15, -0.1) is 0 Å². The molecule has 0 bridgehead atoms. The first-order valence-electron chi connectivity index (χ1n) is 3.89. The SMILES string of the molecule is COc1cc(CC#N)cc(C)c1Cl. The number of nitrogens with zero attached hydrogens (tertiary/aromatic N) is 1. The fraction of sp³-hybridized carbons (Fsp3) is 0.300. The fourth-order valence-electron chi connectivity index (χ4n) is 1.15. The Balaban J connectivity index is 3.16. The van der Waals surface area contributed by atoms with Crippen LogP contribution in [-0.4, -0.2) is 7.11 Å². The maximum absolute atomic E-state index is 8.52. The van der Waals surface area contributed by atoms with E-state index in [4.69, 9.17) is 21.6 Å².